The van der Waals surface area contributed by atoms with Crippen molar-refractivity contribution in [2.24, 2.45) is 0 Å². The molecular formula is C33H33NO5. The number of benzene rings is 3. The zero-order valence-corrected chi connectivity index (χ0v) is 22.3. The molecule has 2 atom stereocenters. The van der Waals surface area contributed by atoms with Crippen LogP contribution in [-0.2, 0) is 14.3 Å². The molecule has 0 saturated heterocycles. The van der Waals surface area contributed by atoms with Crippen LogP contribution in [0.15, 0.2) is 107 Å². The second-order valence-electron chi connectivity index (χ2n) is 9.73. The molecular weight excluding hydrogens is 490 g/mol. The molecule has 3 aromatic rings. The number of hydrogen-bond donors (Lipinski definition) is 1. The summed E-state index contributed by atoms with van der Waals surface area (Å²) in [5.74, 6) is 0.602. The van der Waals surface area contributed by atoms with Crippen molar-refractivity contribution in [3.05, 3.63) is 119 Å². The number of carbonyl (C=O) groups is 2. The summed E-state index contributed by atoms with van der Waals surface area (Å²) >= 11 is 0. The van der Waals surface area contributed by atoms with E-state index < -0.39 is 11.9 Å². The van der Waals surface area contributed by atoms with Gasteiger partial charge in [-0.2, -0.15) is 0 Å². The number of dihydropyridines is 1. The summed E-state index contributed by atoms with van der Waals surface area (Å²) in [6.07, 6.45) is 1.09. The summed E-state index contributed by atoms with van der Waals surface area (Å²) in [6, 6.07) is 27.1. The number of Topliss-reactive ketones (excluding diaryl/α,β-unsaturated/α-hetero) is 1. The molecule has 0 radical (unpaired) electrons. The Bertz CT molecular complexity index is 1380. The standard InChI is InChI=1S/C33H33NO5/c1-3-37-27-16-14-24(15-17-27)31-30(33(36)39-19-18-38-26-12-8-5-9-13-26)22(2)34-28-20-25(21-29(35)32(28)31)23-10-6-4-7-11-23/h4-17,25,31,34H,3,18-21H2,1-2H3/t25-,31-/m1/s1. The van der Waals surface area contributed by atoms with E-state index in [0.717, 1.165) is 22.6 Å². The first-order chi connectivity index (χ1) is 19.0. The lowest BCUT2D eigenvalue weighted by Gasteiger charge is -2.36. The van der Waals surface area contributed by atoms with Crippen LogP contribution in [0.3, 0.4) is 0 Å². The van der Waals surface area contributed by atoms with Crippen LogP contribution < -0.4 is 14.8 Å². The number of ether oxygens (including phenoxy) is 3. The largest absolute Gasteiger partial charge is 0.494 e. The summed E-state index contributed by atoms with van der Waals surface area (Å²) in [6.45, 7) is 4.69. The predicted molar refractivity (Wildman–Crippen MR) is 150 cm³/mol. The molecule has 0 aromatic heterocycles. The topological polar surface area (TPSA) is 73.9 Å². The van der Waals surface area contributed by atoms with Crippen LogP contribution in [0.25, 0.3) is 0 Å². The molecule has 6 nitrogen and oxygen atoms in total. The highest BCUT2D eigenvalue weighted by molar-refractivity contribution is 6.04. The van der Waals surface area contributed by atoms with Crippen LogP contribution in [0.4, 0.5) is 0 Å². The van der Waals surface area contributed by atoms with Crippen molar-refractivity contribution >= 4 is 11.8 Å². The minimum atomic E-state index is -0.524. The molecule has 0 spiro atoms. The number of allylic oxidation sites excluding steroid dienone is 3. The summed E-state index contributed by atoms with van der Waals surface area (Å²) in [5, 5.41) is 3.41. The van der Waals surface area contributed by atoms with Crippen molar-refractivity contribution < 1.29 is 23.8 Å². The van der Waals surface area contributed by atoms with Crippen LogP contribution >= 0.6 is 0 Å². The summed E-state index contributed by atoms with van der Waals surface area (Å²) in [5.41, 5.74) is 4.66. The lowest BCUT2D eigenvalue weighted by atomic mass is 9.72. The number of carbonyl (C=O) groups excluding carboxylic acids is 2. The van der Waals surface area contributed by atoms with Gasteiger partial charge >= 0.3 is 5.97 Å². The van der Waals surface area contributed by atoms with E-state index in [2.05, 4.69) is 17.4 Å². The van der Waals surface area contributed by atoms with Gasteiger partial charge in [-0.1, -0.05) is 60.7 Å². The zero-order valence-electron chi connectivity index (χ0n) is 22.3. The number of nitrogens with one attached hydrogen (secondary N) is 1. The summed E-state index contributed by atoms with van der Waals surface area (Å²) in [4.78, 5) is 27.2. The van der Waals surface area contributed by atoms with Crippen LogP contribution in [0, 0.1) is 0 Å². The van der Waals surface area contributed by atoms with Gasteiger partial charge in [0.15, 0.2) is 5.78 Å². The molecule has 1 aliphatic heterocycles. The molecule has 200 valence electrons. The van der Waals surface area contributed by atoms with Gasteiger partial charge in [0.05, 0.1) is 12.2 Å². The average Bonchev–Trinajstić information content (AvgIpc) is 2.96. The van der Waals surface area contributed by atoms with E-state index in [9.17, 15) is 9.59 Å². The molecule has 6 heteroatoms. The van der Waals surface area contributed by atoms with Gasteiger partial charge in [-0.15, -0.1) is 0 Å². The molecule has 39 heavy (non-hydrogen) atoms. The molecule has 0 unspecified atom stereocenters. The van der Waals surface area contributed by atoms with Gasteiger partial charge in [0, 0.05) is 29.3 Å². The van der Waals surface area contributed by atoms with Gasteiger partial charge in [-0.05, 0) is 61.6 Å². The third-order valence-corrected chi connectivity index (χ3v) is 7.17. The van der Waals surface area contributed by atoms with Crippen molar-refractivity contribution in [1.29, 1.82) is 0 Å². The molecule has 2 aliphatic rings. The highest BCUT2D eigenvalue weighted by Crippen LogP contribution is 2.45. The second-order valence-corrected chi connectivity index (χ2v) is 9.73. The van der Waals surface area contributed by atoms with E-state index in [4.69, 9.17) is 14.2 Å². The Kier molecular flexibility index (Phi) is 8.11. The van der Waals surface area contributed by atoms with Gasteiger partial charge in [-0.25, -0.2) is 4.79 Å². The fourth-order valence-electron chi connectivity index (χ4n) is 5.42. The van der Waals surface area contributed by atoms with Crippen molar-refractivity contribution in [1.82, 2.24) is 5.32 Å². The Labute approximate surface area is 229 Å². The number of hydrogen-bond acceptors (Lipinski definition) is 6. The van der Waals surface area contributed by atoms with Gasteiger partial charge in [-0.3, -0.25) is 4.79 Å². The lowest BCUT2D eigenvalue weighted by Crippen LogP contribution is -2.36. The maximum Gasteiger partial charge on any atom is 0.336 e. The molecule has 1 N–H and O–H groups in total. The smallest absolute Gasteiger partial charge is 0.336 e. The van der Waals surface area contributed by atoms with Crippen LogP contribution in [0.5, 0.6) is 11.5 Å². The van der Waals surface area contributed by atoms with Crippen molar-refractivity contribution in [2.75, 3.05) is 19.8 Å². The third kappa shape index (κ3) is 5.90. The maximum absolute atomic E-state index is 13.7. The fourth-order valence-corrected chi connectivity index (χ4v) is 5.42. The molecule has 0 saturated carbocycles. The molecule has 1 aliphatic carbocycles. The van der Waals surface area contributed by atoms with Gasteiger partial charge in [0.2, 0.25) is 0 Å². The van der Waals surface area contributed by atoms with E-state index >= 15 is 0 Å². The molecule has 3 aromatic carbocycles. The molecule has 0 bridgehead atoms. The highest BCUT2D eigenvalue weighted by Gasteiger charge is 2.41. The maximum atomic E-state index is 13.7. The lowest BCUT2D eigenvalue weighted by molar-refractivity contribution is -0.140. The third-order valence-electron chi connectivity index (χ3n) is 7.17. The van der Waals surface area contributed by atoms with E-state index in [1.165, 1.54) is 0 Å². The Morgan fingerprint density at radius 1 is 0.821 bits per heavy atom. The number of para-hydroxylation sites is 1. The van der Waals surface area contributed by atoms with Crippen LogP contribution in [-0.4, -0.2) is 31.6 Å². The van der Waals surface area contributed by atoms with E-state index in [1.807, 2.05) is 86.6 Å². The van der Waals surface area contributed by atoms with E-state index in [1.54, 1.807) is 0 Å². The van der Waals surface area contributed by atoms with Gasteiger partial charge < -0.3 is 19.5 Å². The number of rotatable bonds is 9. The van der Waals surface area contributed by atoms with E-state index in [0.29, 0.717) is 42.0 Å². The SMILES string of the molecule is CCOc1ccc([C@@H]2C(C(=O)OCCOc3ccccc3)=C(C)NC3=C2C(=O)C[C@H](c2ccccc2)C3)cc1. The Morgan fingerprint density at radius 3 is 2.18 bits per heavy atom. The van der Waals surface area contributed by atoms with Crippen molar-refractivity contribution in [3.8, 4) is 11.5 Å². The van der Waals surface area contributed by atoms with Gasteiger partial charge in [0.25, 0.3) is 0 Å². The van der Waals surface area contributed by atoms with Gasteiger partial charge in [0.1, 0.15) is 24.7 Å². The average molecular weight is 524 g/mol. The quantitative estimate of drug-likeness (QED) is 0.271. The van der Waals surface area contributed by atoms with E-state index in [-0.39, 0.29) is 24.9 Å². The Hall–Kier alpha value is -4.32. The minimum absolute atomic E-state index is 0.0432. The Balaban J connectivity index is 1.42. The number of ketones is 1. The summed E-state index contributed by atoms with van der Waals surface area (Å²) in [7, 11) is 0. The first kappa shape index (κ1) is 26.3. The predicted octanol–water partition coefficient (Wildman–Crippen LogP) is 6.07. The van der Waals surface area contributed by atoms with Crippen LogP contribution in [0.1, 0.15) is 49.7 Å². The fraction of sp³-hybridized carbons (Fsp3) is 0.273. The highest BCUT2D eigenvalue weighted by atomic mass is 16.6. The normalized spacial score (nSPS) is 18.8. The minimum Gasteiger partial charge on any atom is -0.494 e. The molecule has 0 amide bonds. The van der Waals surface area contributed by atoms with Crippen molar-refractivity contribution in [2.45, 2.75) is 38.5 Å². The first-order valence-electron chi connectivity index (χ1n) is 13.4. The monoisotopic (exact) mass is 523 g/mol. The molecule has 5 rings (SSSR count). The zero-order chi connectivity index (χ0) is 27.2. The van der Waals surface area contributed by atoms with Crippen LogP contribution in [0.2, 0.25) is 0 Å². The molecule has 0 fully saturated rings. The van der Waals surface area contributed by atoms with Crippen molar-refractivity contribution in [3.63, 3.8) is 0 Å². The second kappa shape index (κ2) is 12.0. The Morgan fingerprint density at radius 2 is 1.49 bits per heavy atom. The molecule has 1 heterocycles. The first-order valence-corrected chi connectivity index (χ1v) is 13.4. The number of esters is 1. The summed E-state index contributed by atoms with van der Waals surface area (Å²) < 4.78 is 17.0.